The van der Waals surface area contributed by atoms with E-state index in [2.05, 4.69) is 21.2 Å². The highest BCUT2D eigenvalue weighted by Gasteiger charge is 2.06. The SMILES string of the molecule is Cc1cc(Br)ccc1NCC(O)COCc1ccccc1. The first kappa shape index (κ1) is 16.0. The van der Waals surface area contributed by atoms with Crippen LogP contribution in [0.1, 0.15) is 11.1 Å². The van der Waals surface area contributed by atoms with E-state index in [4.69, 9.17) is 4.74 Å². The lowest BCUT2D eigenvalue weighted by Gasteiger charge is -2.15. The van der Waals surface area contributed by atoms with Gasteiger partial charge in [0.15, 0.2) is 0 Å². The van der Waals surface area contributed by atoms with E-state index in [1.807, 2.05) is 55.5 Å². The molecule has 0 saturated carbocycles. The average Bonchev–Trinajstić information content (AvgIpc) is 2.47. The zero-order valence-electron chi connectivity index (χ0n) is 12.1. The van der Waals surface area contributed by atoms with Crippen LogP contribution in [-0.2, 0) is 11.3 Å². The second kappa shape index (κ2) is 8.17. The van der Waals surface area contributed by atoms with Crippen LogP contribution in [0.2, 0.25) is 0 Å². The lowest BCUT2D eigenvalue weighted by atomic mass is 10.2. The maximum absolute atomic E-state index is 9.94. The molecule has 2 aromatic rings. The molecule has 0 radical (unpaired) electrons. The molecule has 1 unspecified atom stereocenters. The highest BCUT2D eigenvalue weighted by Crippen LogP contribution is 2.19. The lowest BCUT2D eigenvalue weighted by Crippen LogP contribution is -2.25. The number of rotatable bonds is 7. The van der Waals surface area contributed by atoms with Crippen molar-refractivity contribution in [2.45, 2.75) is 19.6 Å². The molecule has 2 aromatic carbocycles. The Labute approximate surface area is 134 Å². The van der Waals surface area contributed by atoms with Gasteiger partial charge in [0.25, 0.3) is 0 Å². The molecule has 0 bridgehead atoms. The Bertz CT molecular complexity index is 560. The molecule has 3 nitrogen and oxygen atoms in total. The largest absolute Gasteiger partial charge is 0.389 e. The molecular weight excluding hydrogens is 330 g/mol. The molecule has 0 aromatic heterocycles. The van der Waals surface area contributed by atoms with E-state index in [0.29, 0.717) is 19.8 Å². The monoisotopic (exact) mass is 349 g/mol. The Morgan fingerprint density at radius 2 is 1.95 bits per heavy atom. The minimum absolute atomic E-state index is 0.317. The molecule has 0 aliphatic carbocycles. The standard InChI is InChI=1S/C17H20BrNO2/c1-13-9-15(18)7-8-17(13)19-10-16(20)12-21-11-14-5-3-2-4-6-14/h2-9,16,19-20H,10-12H2,1H3. The predicted octanol–water partition coefficient (Wildman–Crippen LogP) is 3.75. The first-order valence-corrected chi connectivity index (χ1v) is 7.74. The number of halogens is 1. The molecule has 2 N–H and O–H groups in total. The third-order valence-electron chi connectivity index (χ3n) is 3.14. The smallest absolute Gasteiger partial charge is 0.0945 e. The van der Waals surface area contributed by atoms with Crippen LogP contribution in [-0.4, -0.2) is 24.4 Å². The zero-order chi connectivity index (χ0) is 15.1. The summed E-state index contributed by atoms with van der Waals surface area (Å²) in [6.45, 7) is 3.34. The number of aliphatic hydroxyl groups excluding tert-OH is 1. The maximum atomic E-state index is 9.94. The molecule has 0 amide bonds. The average molecular weight is 350 g/mol. The van der Waals surface area contributed by atoms with E-state index < -0.39 is 6.10 Å². The van der Waals surface area contributed by atoms with Crippen molar-refractivity contribution in [3.8, 4) is 0 Å². The molecule has 1 atom stereocenters. The summed E-state index contributed by atoms with van der Waals surface area (Å²) in [4.78, 5) is 0. The van der Waals surface area contributed by atoms with Crippen LogP contribution in [0.3, 0.4) is 0 Å². The van der Waals surface area contributed by atoms with Crippen LogP contribution in [0.25, 0.3) is 0 Å². The molecule has 4 heteroatoms. The van der Waals surface area contributed by atoms with Gasteiger partial charge in [0.1, 0.15) is 0 Å². The maximum Gasteiger partial charge on any atom is 0.0945 e. The van der Waals surface area contributed by atoms with E-state index >= 15 is 0 Å². The summed E-state index contributed by atoms with van der Waals surface area (Å²) >= 11 is 3.44. The van der Waals surface area contributed by atoms with Gasteiger partial charge in [-0.2, -0.15) is 0 Å². The Morgan fingerprint density at radius 3 is 2.67 bits per heavy atom. The number of hydrogen-bond donors (Lipinski definition) is 2. The van der Waals surface area contributed by atoms with Crippen LogP contribution >= 0.6 is 15.9 Å². The number of anilines is 1. The van der Waals surface area contributed by atoms with Crippen molar-refractivity contribution in [1.29, 1.82) is 0 Å². The number of aliphatic hydroxyl groups is 1. The number of benzene rings is 2. The third kappa shape index (κ3) is 5.50. The van der Waals surface area contributed by atoms with Crippen LogP contribution in [0.4, 0.5) is 5.69 Å². The second-order valence-electron chi connectivity index (χ2n) is 4.99. The lowest BCUT2D eigenvalue weighted by molar-refractivity contribution is 0.0348. The van der Waals surface area contributed by atoms with E-state index in [9.17, 15) is 5.11 Å². The molecule has 21 heavy (non-hydrogen) atoms. The zero-order valence-corrected chi connectivity index (χ0v) is 13.6. The fraction of sp³-hybridized carbons (Fsp3) is 0.294. The summed E-state index contributed by atoms with van der Waals surface area (Å²) in [5.74, 6) is 0. The topological polar surface area (TPSA) is 41.5 Å². The predicted molar refractivity (Wildman–Crippen MR) is 89.5 cm³/mol. The molecule has 2 rings (SSSR count). The molecule has 0 heterocycles. The Kier molecular flexibility index (Phi) is 6.23. The molecular formula is C17H20BrNO2. The molecule has 112 valence electrons. The van der Waals surface area contributed by atoms with E-state index in [0.717, 1.165) is 21.3 Å². The third-order valence-corrected chi connectivity index (χ3v) is 3.63. The summed E-state index contributed by atoms with van der Waals surface area (Å²) in [6.07, 6.45) is -0.531. The van der Waals surface area contributed by atoms with Crippen molar-refractivity contribution in [3.05, 3.63) is 64.1 Å². The quantitative estimate of drug-likeness (QED) is 0.799. The Morgan fingerprint density at radius 1 is 1.19 bits per heavy atom. The number of nitrogens with one attached hydrogen (secondary N) is 1. The molecule has 0 saturated heterocycles. The van der Waals surface area contributed by atoms with Crippen LogP contribution < -0.4 is 5.32 Å². The summed E-state index contributed by atoms with van der Waals surface area (Å²) < 4.78 is 6.57. The highest BCUT2D eigenvalue weighted by molar-refractivity contribution is 9.10. The minimum Gasteiger partial charge on any atom is -0.389 e. The summed E-state index contributed by atoms with van der Waals surface area (Å²) in [7, 11) is 0. The fourth-order valence-corrected chi connectivity index (χ4v) is 2.47. The first-order valence-electron chi connectivity index (χ1n) is 6.95. The van der Waals surface area contributed by atoms with Gasteiger partial charge in [-0.15, -0.1) is 0 Å². The van der Waals surface area contributed by atoms with Crippen molar-refractivity contribution in [1.82, 2.24) is 0 Å². The first-order chi connectivity index (χ1) is 10.1. The van der Waals surface area contributed by atoms with Gasteiger partial charge in [-0.05, 0) is 36.2 Å². The van der Waals surface area contributed by atoms with E-state index in [1.165, 1.54) is 0 Å². The molecule has 0 aliphatic rings. The van der Waals surface area contributed by atoms with Gasteiger partial charge < -0.3 is 15.2 Å². The van der Waals surface area contributed by atoms with Gasteiger partial charge in [0, 0.05) is 16.7 Å². The van der Waals surface area contributed by atoms with Crippen LogP contribution in [0.15, 0.2) is 53.0 Å². The molecule has 0 aliphatic heterocycles. The fourth-order valence-electron chi connectivity index (χ4n) is 2.00. The molecule has 0 spiro atoms. The van der Waals surface area contributed by atoms with Gasteiger partial charge >= 0.3 is 0 Å². The summed E-state index contributed by atoms with van der Waals surface area (Å²) in [5, 5.41) is 13.2. The normalized spacial score (nSPS) is 12.1. The van der Waals surface area contributed by atoms with Gasteiger partial charge in [0.2, 0.25) is 0 Å². The summed E-state index contributed by atoms with van der Waals surface area (Å²) in [6, 6.07) is 16.0. The van der Waals surface area contributed by atoms with E-state index in [-0.39, 0.29) is 0 Å². The van der Waals surface area contributed by atoms with Gasteiger partial charge in [-0.25, -0.2) is 0 Å². The van der Waals surface area contributed by atoms with Crippen molar-refractivity contribution in [2.75, 3.05) is 18.5 Å². The van der Waals surface area contributed by atoms with Crippen molar-refractivity contribution < 1.29 is 9.84 Å². The van der Waals surface area contributed by atoms with Crippen molar-refractivity contribution in [3.63, 3.8) is 0 Å². The van der Waals surface area contributed by atoms with Gasteiger partial charge in [-0.1, -0.05) is 46.3 Å². The second-order valence-corrected chi connectivity index (χ2v) is 5.91. The van der Waals surface area contributed by atoms with Crippen LogP contribution in [0.5, 0.6) is 0 Å². The number of ether oxygens (including phenoxy) is 1. The van der Waals surface area contributed by atoms with Crippen LogP contribution in [0, 0.1) is 6.92 Å². The number of aryl methyl sites for hydroxylation is 1. The van der Waals surface area contributed by atoms with Crippen molar-refractivity contribution in [2.24, 2.45) is 0 Å². The van der Waals surface area contributed by atoms with Crippen molar-refractivity contribution >= 4 is 21.6 Å². The minimum atomic E-state index is -0.531. The molecule has 0 fully saturated rings. The Hall–Kier alpha value is -1.36. The number of hydrogen-bond acceptors (Lipinski definition) is 3. The van der Waals surface area contributed by atoms with E-state index in [1.54, 1.807) is 0 Å². The van der Waals surface area contributed by atoms with Gasteiger partial charge in [-0.3, -0.25) is 0 Å². The van der Waals surface area contributed by atoms with Gasteiger partial charge in [0.05, 0.1) is 19.3 Å². The highest BCUT2D eigenvalue weighted by atomic mass is 79.9. The Balaban J connectivity index is 1.71. The summed E-state index contributed by atoms with van der Waals surface area (Å²) in [5.41, 5.74) is 3.28.